The Morgan fingerprint density at radius 3 is 3.00 bits per heavy atom. The summed E-state index contributed by atoms with van der Waals surface area (Å²) in [6.45, 7) is 2.13. The molecule has 0 saturated heterocycles. The van der Waals surface area contributed by atoms with E-state index in [2.05, 4.69) is 12.2 Å². The van der Waals surface area contributed by atoms with E-state index in [1.807, 2.05) is 0 Å². The molecule has 4 heteroatoms. The topological polar surface area (TPSA) is 75.4 Å². The monoisotopic (exact) mass is 248 g/mol. The van der Waals surface area contributed by atoms with Crippen molar-refractivity contribution in [1.82, 2.24) is 0 Å². The number of carbonyl (C=O) groups excluding carboxylic acids is 1. The van der Waals surface area contributed by atoms with Crippen molar-refractivity contribution < 1.29 is 9.90 Å². The number of carbonyl (C=O) groups is 1. The first-order valence-electron chi connectivity index (χ1n) is 6.39. The van der Waals surface area contributed by atoms with Crippen molar-refractivity contribution >= 4 is 11.6 Å². The number of hydrogen-bond acceptors (Lipinski definition) is 3. The normalized spacial score (nSPS) is 27.8. The maximum Gasteiger partial charge on any atom is 0.244 e. The molecule has 1 amide bonds. The Labute approximate surface area is 107 Å². The van der Waals surface area contributed by atoms with Crippen LogP contribution in [0.2, 0.25) is 0 Å². The summed E-state index contributed by atoms with van der Waals surface area (Å²) in [5.74, 6) is 0.467. The van der Waals surface area contributed by atoms with E-state index in [4.69, 9.17) is 5.73 Å². The second-order valence-electron chi connectivity index (χ2n) is 5.36. The van der Waals surface area contributed by atoms with Gasteiger partial charge in [-0.05, 0) is 30.9 Å². The van der Waals surface area contributed by atoms with Crippen LogP contribution in [0.25, 0.3) is 0 Å². The molecule has 0 bridgehead atoms. The van der Waals surface area contributed by atoms with Gasteiger partial charge in [0.1, 0.15) is 5.75 Å². The lowest BCUT2D eigenvalue weighted by Crippen LogP contribution is -2.53. The molecule has 2 unspecified atom stereocenters. The van der Waals surface area contributed by atoms with E-state index in [-0.39, 0.29) is 11.7 Å². The number of nitrogens with one attached hydrogen (secondary N) is 1. The average molecular weight is 248 g/mol. The number of amides is 1. The van der Waals surface area contributed by atoms with Gasteiger partial charge < -0.3 is 16.2 Å². The molecule has 1 aliphatic carbocycles. The van der Waals surface area contributed by atoms with Gasteiger partial charge in [-0.3, -0.25) is 4.79 Å². The smallest absolute Gasteiger partial charge is 0.244 e. The number of phenolic OH excluding ortho intramolecular Hbond substituents is 1. The van der Waals surface area contributed by atoms with Crippen LogP contribution >= 0.6 is 0 Å². The first kappa shape index (κ1) is 12.9. The van der Waals surface area contributed by atoms with Crippen molar-refractivity contribution in [1.29, 1.82) is 0 Å². The first-order valence-corrected chi connectivity index (χ1v) is 6.39. The summed E-state index contributed by atoms with van der Waals surface area (Å²) in [5, 5.41) is 12.1. The Morgan fingerprint density at radius 2 is 2.33 bits per heavy atom. The zero-order valence-corrected chi connectivity index (χ0v) is 10.6. The maximum absolute atomic E-state index is 12.2. The largest absolute Gasteiger partial charge is 0.508 e. The van der Waals surface area contributed by atoms with Crippen LogP contribution in [0.1, 0.15) is 32.6 Å². The summed E-state index contributed by atoms with van der Waals surface area (Å²) in [5.41, 5.74) is 6.02. The number of aromatic hydroxyl groups is 1. The molecule has 1 aromatic carbocycles. The number of phenols is 1. The third-order valence-corrected chi connectivity index (χ3v) is 3.59. The number of benzene rings is 1. The van der Waals surface area contributed by atoms with Gasteiger partial charge in [0.05, 0.1) is 5.54 Å². The minimum atomic E-state index is -0.775. The van der Waals surface area contributed by atoms with Crippen molar-refractivity contribution in [2.75, 3.05) is 5.32 Å². The van der Waals surface area contributed by atoms with E-state index in [9.17, 15) is 9.90 Å². The molecule has 0 radical (unpaired) electrons. The molecule has 1 aliphatic rings. The summed E-state index contributed by atoms with van der Waals surface area (Å²) in [6, 6.07) is 6.52. The van der Waals surface area contributed by atoms with E-state index in [1.54, 1.807) is 18.2 Å². The highest BCUT2D eigenvalue weighted by atomic mass is 16.3. The average Bonchev–Trinajstić information content (AvgIpc) is 2.28. The molecule has 1 aromatic rings. The highest BCUT2D eigenvalue weighted by molar-refractivity contribution is 5.98. The van der Waals surface area contributed by atoms with Crippen molar-refractivity contribution in [2.45, 2.75) is 38.1 Å². The fourth-order valence-corrected chi connectivity index (χ4v) is 2.64. The van der Waals surface area contributed by atoms with Crippen molar-refractivity contribution in [3.05, 3.63) is 24.3 Å². The van der Waals surface area contributed by atoms with Gasteiger partial charge in [0.15, 0.2) is 0 Å². The van der Waals surface area contributed by atoms with Crippen LogP contribution in [0.4, 0.5) is 5.69 Å². The van der Waals surface area contributed by atoms with E-state index < -0.39 is 5.54 Å². The number of hydrogen-bond donors (Lipinski definition) is 3. The van der Waals surface area contributed by atoms with E-state index >= 15 is 0 Å². The number of anilines is 1. The van der Waals surface area contributed by atoms with Gasteiger partial charge in [-0.1, -0.05) is 25.8 Å². The van der Waals surface area contributed by atoms with E-state index in [0.29, 0.717) is 11.6 Å². The van der Waals surface area contributed by atoms with Crippen LogP contribution in [0.3, 0.4) is 0 Å². The molecule has 0 aromatic heterocycles. The third kappa shape index (κ3) is 2.82. The van der Waals surface area contributed by atoms with Crippen molar-refractivity contribution in [3.8, 4) is 5.75 Å². The van der Waals surface area contributed by atoms with Crippen molar-refractivity contribution in [2.24, 2.45) is 11.7 Å². The predicted molar refractivity (Wildman–Crippen MR) is 71.3 cm³/mol. The van der Waals surface area contributed by atoms with Gasteiger partial charge in [0, 0.05) is 11.8 Å². The lowest BCUT2D eigenvalue weighted by Gasteiger charge is -2.35. The molecular weight excluding hydrogens is 228 g/mol. The molecule has 18 heavy (non-hydrogen) atoms. The highest BCUT2D eigenvalue weighted by Crippen LogP contribution is 2.31. The lowest BCUT2D eigenvalue weighted by atomic mass is 9.76. The third-order valence-electron chi connectivity index (χ3n) is 3.59. The van der Waals surface area contributed by atoms with Gasteiger partial charge in [0.25, 0.3) is 0 Å². The van der Waals surface area contributed by atoms with Gasteiger partial charge in [-0.2, -0.15) is 0 Å². The van der Waals surface area contributed by atoms with Crippen LogP contribution in [-0.4, -0.2) is 16.6 Å². The summed E-state index contributed by atoms with van der Waals surface area (Å²) >= 11 is 0. The predicted octanol–water partition coefficient (Wildman–Crippen LogP) is 2.24. The summed E-state index contributed by atoms with van der Waals surface area (Å²) in [4.78, 5) is 12.2. The number of nitrogens with two attached hydrogens (primary N) is 1. The van der Waals surface area contributed by atoms with Crippen LogP contribution in [0, 0.1) is 5.92 Å². The van der Waals surface area contributed by atoms with Crippen molar-refractivity contribution in [3.63, 3.8) is 0 Å². The minimum Gasteiger partial charge on any atom is -0.508 e. The minimum absolute atomic E-state index is 0.135. The Bertz CT molecular complexity index is 447. The molecule has 4 nitrogen and oxygen atoms in total. The summed E-state index contributed by atoms with van der Waals surface area (Å²) < 4.78 is 0. The molecule has 0 aliphatic heterocycles. The molecule has 2 atom stereocenters. The van der Waals surface area contributed by atoms with Crippen LogP contribution in [0.15, 0.2) is 24.3 Å². The van der Waals surface area contributed by atoms with Crippen LogP contribution in [-0.2, 0) is 4.79 Å². The Balaban J connectivity index is 2.07. The molecule has 0 heterocycles. The molecule has 4 N–H and O–H groups in total. The molecule has 98 valence electrons. The molecule has 0 spiro atoms. The molecule has 1 saturated carbocycles. The highest BCUT2D eigenvalue weighted by Gasteiger charge is 2.37. The van der Waals surface area contributed by atoms with Gasteiger partial charge >= 0.3 is 0 Å². The lowest BCUT2D eigenvalue weighted by molar-refractivity contribution is -0.122. The molecule has 1 fully saturated rings. The quantitative estimate of drug-likeness (QED) is 0.751. The van der Waals surface area contributed by atoms with E-state index in [0.717, 1.165) is 25.7 Å². The fourth-order valence-electron chi connectivity index (χ4n) is 2.64. The standard InChI is InChI=1S/C14H20N2O2/c1-10-4-3-7-14(15,9-10)13(18)16-11-5-2-6-12(17)8-11/h2,5-6,8,10,17H,3-4,7,9,15H2,1H3,(H,16,18). The fraction of sp³-hybridized carbons (Fsp3) is 0.500. The zero-order chi connectivity index (χ0) is 13.2. The Morgan fingerprint density at radius 1 is 1.56 bits per heavy atom. The number of rotatable bonds is 2. The van der Waals surface area contributed by atoms with Crippen LogP contribution < -0.4 is 11.1 Å². The Hall–Kier alpha value is -1.55. The van der Waals surface area contributed by atoms with Gasteiger partial charge in [-0.25, -0.2) is 0 Å². The SMILES string of the molecule is CC1CCCC(N)(C(=O)Nc2cccc(O)c2)C1. The summed E-state index contributed by atoms with van der Waals surface area (Å²) in [7, 11) is 0. The molecular formula is C14H20N2O2. The van der Waals surface area contributed by atoms with E-state index in [1.165, 1.54) is 6.07 Å². The second-order valence-corrected chi connectivity index (χ2v) is 5.36. The zero-order valence-electron chi connectivity index (χ0n) is 10.6. The van der Waals surface area contributed by atoms with Gasteiger partial charge in [-0.15, -0.1) is 0 Å². The second kappa shape index (κ2) is 4.98. The Kier molecular flexibility index (Phi) is 3.57. The summed E-state index contributed by atoms with van der Waals surface area (Å²) in [6.07, 6.45) is 3.57. The van der Waals surface area contributed by atoms with Crippen LogP contribution in [0.5, 0.6) is 5.75 Å². The first-order chi connectivity index (χ1) is 8.49. The van der Waals surface area contributed by atoms with Gasteiger partial charge in [0.2, 0.25) is 5.91 Å². The molecule has 2 rings (SSSR count). The maximum atomic E-state index is 12.2.